The Labute approximate surface area is 157 Å². The second-order valence-electron chi connectivity index (χ2n) is 5.75. The summed E-state index contributed by atoms with van der Waals surface area (Å²) in [6.07, 6.45) is 5.48. The van der Waals surface area contributed by atoms with Gasteiger partial charge in [-0.2, -0.15) is 0 Å². The third kappa shape index (κ3) is 6.70. The van der Waals surface area contributed by atoms with Crippen LogP contribution in [0.4, 0.5) is 0 Å². The van der Waals surface area contributed by atoms with Crippen molar-refractivity contribution >= 4 is 29.5 Å². The number of benzene rings is 2. The molecule has 0 bridgehead atoms. The standard InChI is InChI=1S/C20H21ClN2O3/c21-18-12-8-16(9-13-18)4-1-3-15-6-10-17(11-7-15)20(25)22-14-2-5-19(24)23-26/h1,4,6-13,26H,2-3,5,14H2,(H,22,25)(H,23,24)/b4-1+. The molecule has 6 heteroatoms. The van der Waals surface area contributed by atoms with Crippen LogP contribution in [-0.4, -0.2) is 23.6 Å². The molecule has 0 saturated heterocycles. The molecule has 5 nitrogen and oxygen atoms in total. The third-order valence-electron chi connectivity index (χ3n) is 3.74. The average molecular weight is 373 g/mol. The minimum atomic E-state index is -0.463. The smallest absolute Gasteiger partial charge is 0.251 e. The van der Waals surface area contributed by atoms with Crippen molar-refractivity contribution in [1.29, 1.82) is 0 Å². The summed E-state index contributed by atoms with van der Waals surface area (Å²) in [5, 5.41) is 11.8. The van der Waals surface area contributed by atoms with Crippen LogP contribution in [0.15, 0.2) is 54.6 Å². The molecule has 0 aliphatic heterocycles. The molecule has 3 N–H and O–H groups in total. The monoisotopic (exact) mass is 372 g/mol. The Morgan fingerprint density at radius 2 is 1.73 bits per heavy atom. The maximum atomic E-state index is 12.0. The molecule has 0 spiro atoms. The van der Waals surface area contributed by atoms with Crippen LogP contribution >= 0.6 is 11.6 Å². The van der Waals surface area contributed by atoms with Crippen molar-refractivity contribution in [2.45, 2.75) is 19.3 Å². The number of hydrogen-bond donors (Lipinski definition) is 3. The highest BCUT2D eigenvalue weighted by molar-refractivity contribution is 6.30. The molecular weight excluding hydrogens is 352 g/mol. The Morgan fingerprint density at radius 3 is 2.38 bits per heavy atom. The molecule has 0 unspecified atom stereocenters. The van der Waals surface area contributed by atoms with Gasteiger partial charge in [0.25, 0.3) is 5.91 Å². The molecule has 0 radical (unpaired) electrons. The Hall–Kier alpha value is -2.63. The Bertz CT molecular complexity index is 756. The predicted octanol–water partition coefficient (Wildman–Crippen LogP) is 3.61. The van der Waals surface area contributed by atoms with Crippen LogP contribution in [0.2, 0.25) is 5.02 Å². The molecule has 2 aromatic carbocycles. The third-order valence-corrected chi connectivity index (χ3v) is 3.99. The van der Waals surface area contributed by atoms with Crippen LogP contribution in [0.3, 0.4) is 0 Å². The van der Waals surface area contributed by atoms with Gasteiger partial charge >= 0.3 is 0 Å². The van der Waals surface area contributed by atoms with Crippen LogP contribution in [0.25, 0.3) is 6.08 Å². The fourth-order valence-electron chi connectivity index (χ4n) is 2.31. The predicted molar refractivity (Wildman–Crippen MR) is 102 cm³/mol. The van der Waals surface area contributed by atoms with Crippen LogP contribution in [0.1, 0.15) is 34.3 Å². The van der Waals surface area contributed by atoms with E-state index in [2.05, 4.69) is 11.4 Å². The van der Waals surface area contributed by atoms with Crippen molar-refractivity contribution < 1.29 is 14.8 Å². The van der Waals surface area contributed by atoms with Crippen molar-refractivity contribution in [2.24, 2.45) is 0 Å². The van der Waals surface area contributed by atoms with E-state index >= 15 is 0 Å². The van der Waals surface area contributed by atoms with E-state index in [1.165, 1.54) is 0 Å². The summed E-state index contributed by atoms with van der Waals surface area (Å²) in [5.74, 6) is -0.645. The topological polar surface area (TPSA) is 78.4 Å². The molecule has 0 aromatic heterocycles. The zero-order chi connectivity index (χ0) is 18.8. The first kappa shape index (κ1) is 19.7. The maximum absolute atomic E-state index is 12.0. The molecule has 2 rings (SSSR count). The van der Waals surface area contributed by atoms with Crippen molar-refractivity contribution in [2.75, 3.05) is 6.54 Å². The van der Waals surface area contributed by atoms with Gasteiger partial charge < -0.3 is 5.32 Å². The van der Waals surface area contributed by atoms with Gasteiger partial charge in [0.15, 0.2) is 0 Å². The second-order valence-corrected chi connectivity index (χ2v) is 6.19. The van der Waals surface area contributed by atoms with E-state index in [1.54, 1.807) is 17.6 Å². The second kappa shape index (κ2) is 10.4. The molecule has 0 saturated carbocycles. The quantitative estimate of drug-likeness (QED) is 0.376. The number of rotatable bonds is 8. The molecule has 2 aromatic rings. The number of carbonyl (C=O) groups excluding carboxylic acids is 2. The number of nitrogens with one attached hydrogen (secondary N) is 2. The molecule has 26 heavy (non-hydrogen) atoms. The Morgan fingerprint density at radius 1 is 1.04 bits per heavy atom. The number of hydrogen-bond acceptors (Lipinski definition) is 3. The van der Waals surface area contributed by atoms with Gasteiger partial charge in [0.2, 0.25) is 5.91 Å². The number of allylic oxidation sites excluding steroid dienone is 1. The number of carbonyl (C=O) groups is 2. The summed E-state index contributed by atoms with van der Waals surface area (Å²) < 4.78 is 0. The van der Waals surface area contributed by atoms with Gasteiger partial charge in [0, 0.05) is 23.6 Å². The summed E-state index contributed by atoms with van der Waals surface area (Å²) in [5.41, 5.74) is 4.32. The van der Waals surface area contributed by atoms with Gasteiger partial charge in [-0.05, 0) is 48.2 Å². The summed E-state index contributed by atoms with van der Waals surface area (Å²) >= 11 is 5.86. The summed E-state index contributed by atoms with van der Waals surface area (Å²) in [6.45, 7) is 0.373. The SMILES string of the molecule is O=C(CCCNC(=O)c1ccc(C/C=C/c2ccc(Cl)cc2)cc1)NO. The zero-order valence-electron chi connectivity index (χ0n) is 14.2. The highest BCUT2D eigenvalue weighted by atomic mass is 35.5. The van der Waals surface area contributed by atoms with Crippen LogP contribution in [0.5, 0.6) is 0 Å². The van der Waals surface area contributed by atoms with Gasteiger partial charge in [0.05, 0.1) is 0 Å². The van der Waals surface area contributed by atoms with E-state index in [1.807, 2.05) is 42.5 Å². The van der Waals surface area contributed by atoms with Crippen molar-refractivity contribution in [1.82, 2.24) is 10.8 Å². The summed E-state index contributed by atoms with van der Waals surface area (Å²) in [4.78, 5) is 22.9. The maximum Gasteiger partial charge on any atom is 0.251 e. The van der Waals surface area contributed by atoms with Gasteiger partial charge in [-0.3, -0.25) is 14.8 Å². The zero-order valence-corrected chi connectivity index (χ0v) is 15.0. The molecule has 0 aliphatic rings. The van der Waals surface area contributed by atoms with Gasteiger partial charge in [-0.1, -0.05) is 48.0 Å². The molecular formula is C20H21ClN2O3. The van der Waals surface area contributed by atoms with Crippen molar-refractivity contribution in [3.63, 3.8) is 0 Å². The van der Waals surface area contributed by atoms with E-state index in [-0.39, 0.29) is 12.3 Å². The number of amides is 2. The molecule has 0 heterocycles. The van der Waals surface area contributed by atoms with Crippen LogP contribution in [-0.2, 0) is 11.2 Å². The number of hydroxylamine groups is 1. The van der Waals surface area contributed by atoms with E-state index < -0.39 is 5.91 Å². The fraction of sp³-hybridized carbons (Fsp3) is 0.200. The first-order chi connectivity index (χ1) is 12.6. The minimum Gasteiger partial charge on any atom is -0.352 e. The summed E-state index contributed by atoms with van der Waals surface area (Å²) in [7, 11) is 0. The van der Waals surface area contributed by atoms with Crippen LogP contribution < -0.4 is 10.8 Å². The molecule has 2 amide bonds. The lowest BCUT2D eigenvalue weighted by Gasteiger charge is -2.05. The first-order valence-corrected chi connectivity index (χ1v) is 8.68. The van der Waals surface area contributed by atoms with Crippen molar-refractivity contribution in [3.8, 4) is 0 Å². The highest BCUT2D eigenvalue weighted by Crippen LogP contribution is 2.12. The average Bonchev–Trinajstić information content (AvgIpc) is 2.67. The van der Waals surface area contributed by atoms with Gasteiger partial charge in [-0.15, -0.1) is 0 Å². The molecule has 0 aliphatic carbocycles. The lowest BCUT2D eigenvalue weighted by Crippen LogP contribution is -2.26. The normalized spacial score (nSPS) is 10.7. The van der Waals surface area contributed by atoms with E-state index in [0.29, 0.717) is 23.6 Å². The minimum absolute atomic E-state index is 0.162. The number of halogens is 1. The lowest BCUT2D eigenvalue weighted by atomic mass is 10.1. The largest absolute Gasteiger partial charge is 0.352 e. The Balaban J connectivity index is 1.79. The highest BCUT2D eigenvalue weighted by Gasteiger charge is 2.05. The molecule has 136 valence electrons. The van der Waals surface area contributed by atoms with E-state index in [4.69, 9.17) is 16.8 Å². The summed E-state index contributed by atoms with van der Waals surface area (Å²) in [6, 6.07) is 15.0. The first-order valence-electron chi connectivity index (χ1n) is 8.30. The van der Waals surface area contributed by atoms with Crippen LogP contribution in [0, 0.1) is 0 Å². The van der Waals surface area contributed by atoms with Gasteiger partial charge in [-0.25, -0.2) is 5.48 Å². The lowest BCUT2D eigenvalue weighted by molar-refractivity contribution is -0.129. The van der Waals surface area contributed by atoms with Crippen molar-refractivity contribution in [3.05, 3.63) is 76.3 Å². The van der Waals surface area contributed by atoms with E-state index in [0.717, 1.165) is 17.5 Å². The van der Waals surface area contributed by atoms with E-state index in [9.17, 15) is 9.59 Å². The fourth-order valence-corrected chi connectivity index (χ4v) is 2.43. The van der Waals surface area contributed by atoms with Gasteiger partial charge in [0.1, 0.15) is 0 Å². The molecule has 0 fully saturated rings. The molecule has 0 atom stereocenters. The Kier molecular flexibility index (Phi) is 7.86.